The summed E-state index contributed by atoms with van der Waals surface area (Å²) in [6, 6.07) is 0.718. The lowest BCUT2D eigenvalue weighted by Gasteiger charge is -2.28. The molecule has 0 radical (unpaired) electrons. The van der Waals surface area contributed by atoms with Crippen molar-refractivity contribution in [3.05, 3.63) is 52.1 Å². The van der Waals surface area contributed by atoms with Crippen molar-refractivity contribution in [3.63, 3.8) is 0 Å². The second kappa shape index (κ2) is 5.99. The summed E-state index contributed by atoms with van der Waals surface area (Å²) in [4.78, 5) is 26.6. The summed E-state index contributed by atoms with van der Waals surface area (Å²) < 4.78 is 38.7. The number of carbonyl (C=O) groups is 2. The molecule has 0 unspecified atom stereocenters. The zero-order valence-corrected chi connectivity index (χ0v) is 12.6. The van der Waals surface area contributed by atoms with Crippen LogP contribution < -0.4 is 5.32 Å². The van der Waals surface area contributed by atoms with Gasteiger partial charge >= 0.3 is 18.1 Å². The van der Waals surface area contributed by atoms with Gasteiger partial charge in [0, 0.05) is 23.8 Å². The quantitative estimate of drug-likeness (QED) is 0.780. The minimum absolute atomic E-state index is 0.153. The van der Waals surface area contributed by atoms with Gasteiger partial charge in [0.05, 0.1) is 22.6 Å². The maximum Gasteiger partial charge on any atom is 0.417 e. The van der Waals surface area contributed by atoms with E-state index in [-0.39, 0.29) is 28.1 Å². The van der Waals surface area contributed by atoms with Gasteiger partial charge in [0.1, 0.15) is 0 Å². The second-order valence-corrected chi connectivity index (χ2v) is 5.25. The Labute approximate surface area is 134 Å². The number of carboxylic acid groups (broad SMARTS) is 2. The van der Waals surface area contributed by atoms with Crippen LogP contribution >= 0.6 is 0 Å². The van der Waals surface area contributed by atoms with E-state index in [2.05, 4.69) is 10.3 Å². The Morgan fingerprint density at radius 2 is 1.58 bits per heavy atom. The van der Waals surface area contributed by atoms with E-state index in [0.29, 0.717) is 6.20 Å². The molecule has 6 nitrogen and oxygen atoms in total. The van der Waals surface area contributed by atoms with Gasteiger partial charge in [-0.2, -0.15) is 13.2 Å². The fourth-order valence-corrected chi connectivity index (χ4v) is 2.66. The SMILES string of the molecule is CC1=C(C(=O)O)C(c2cncc(C(F)(F)F)c2)C(C(=O)O)=C(C)N1. The minimum Gasteiger partial charge on any atom is -0.478 e. The number of pyridine rings is 1. The van der Waals surface area contributed by atoms with Crippen molar-refractivity contribution in [1.82, 2.24) is 10.3 Å². The van der Waals surface area contributed by atoms with Gasteiger partial charge in [-0.1, -0.05) is 0 Å². The summed E-state index contributed by atoms with van der Waals surface area (Å²) in [5.41, 5.74) is -1.58. The van der Waals surface area contributed by atoms with Crippen molar-refractivity contribution in [2.75, 3.05) is 0 Å². The van der Waals surface area contributed by atoms with Crippen LogP contribution in [0.25, 0.3) is 0 Å². The lowest BCUT2D eigenvalue weighted by atomic mass is 9.81. The van der Waals surface area contributed by atoms with E-state index < -0.39 is 29.6 Å². The van der Waals surface area contributed by atoms with Gasteiger partial charge in [-0.3, -0.25) is 4.98 Å². The van der Waals surface area contributed by atoms with Gasteiger partial charge < -0.3 is 15.5 Å². The summed E-state index contributed by atoms with van der Waals surface area (Å²) in [6.07, 6.45) is -3.05. The van der Waals surface area contributed by atoms with E-state index in [0.717, 1.165) is 12.3 Å². The van der Waals surface area contributed by atoms with Crippen LogP contribution in [0.3, 0.4) is 0 Å². The summed E-state index contributed by atoms with van der Waals surface area (Å²) >= 11 is 0. The molecule has 24 heavy (non-hydrogen) atoms. The van der Waals surface area contributed by atoms with Gasteiger partial charge in [-0.05, 0) is 25.5 Å². The minimum atomic E-state index is -4.68. The lowest BCUT2D eigenvalue weighted by molar-refractivity contribution is -0.138. The molecule has 0 saturated carbocycles. The first-order chi connectivity index (χ1) is 11.0. The van der Waals surface area contributed by atoms with Crippen LogP contribution in [0.1, 0.15) is 30.9 Å². The molecule has 1 aromatic heterocycles. The summed E-state index contributed by atoms with van der Waals surface area (Å²) in [6.45, 7) is 2.83. The Kier molecular flexibility index (Phi) is 4.37. The molecular weight excluding hydrogens is 329 g/mol. The Hall–Kier alpha value is -2.84. The molecule has 0 saturated heterocycles. The highest BCUT2D eigenvalue weighted by Crippen LogP contribution is 2.39. The molecule has 0 aliphatic carbocycles. The zero-order chi connectivity index (χ0) is 18.2. The average Bonchev–Trinajstić information content (AvgIpc) is 2.44. The molecule has 1 aromatic rings. The van der Waals surface area contributed by atoms with Gasteiger partial charge in [0.15, 0.2) is 0 Å². The number of nitrogens with one attached hydrogen (secondary N) is 1. The highest BCUT2D eigenvalue weighted by Gasteiger charge is 2.38. The smallest absolute Gasteiger partial charge is 0.417 e. The first kappa shape index (κ1) is 17.5. The third-order valence-corrected chi connectivity index (χ3v) is 3.64. The zero-order valence-electron chi connectivity index (χ0n) is 12.6. The van der Waals surface area contributed by atoms with Crippen molar-refractivity contribution in [1.29, 1.82) is 0 Å². The summed E-state index contributed by atoms with van der Waals surface area (Å²) in [7, 11) is 0. The molecule has 128 valence electrons. The predicted molar refractivity (Wildman–Crippen MR) is 75.8 cm³/mol. The van der Waals surface area contributed by atoms with Crippen LogP contribution in [0.4, 0.5) is 13.2 Å². The van der Waals surface area contributed by atoms with Crippen molar-refractivity contribution in [2.24, 2.45) is 0 Å². The van der Waals surface area contributed by atoms with Crippen LogP contribution in [0.15, 0.2) is 41.0 Å². The van der Waals surface area contributed by atoms with Crippen LogP contribution in [0, 0.1) is 0 Å². The third kappa shape index (κ3) is 3.10. The predicted octanol–water partition coefficient (Wildman–Crippen LogP) is 2.50. The van der Waals surface area contributed by atoms with Crippen LogP contribution in [0.5, 0.6) is 0 Å². The molecular formula is C15H13F3N2O4. The number of hydrogen-bond donors (Lipinski definition) is 3. The van der Waals surface area contributed by atoms with Crippen molar-refractivity contribution in [3.8, 4) is 0 Å². The molecule has 2 rings (SSSR count). The number of rotatable bonds is 3. The van der Waals surface area contributed by atoms with E-state index in [1.54, 1.807) is 0 Å². The Morgan fingerprint density at radius 1 is 1.08 bits per heavy atom. The maximum absolute atomic E-state index is 12.9. The van der Waals surface area contributed by atoms with E-state index in [1.807, 2.05) is 0 Å². The largest absolute Gasteiger partial charge is 0.478 e. The van der Waals surface area contributed by atoms with Gasteiger partial charge in [0.2, 0.25) is 0 Å². The second-order valence-electron chi connectivity index (χ2n) is 5.25. The monoisotopic (exact) mass is 342 g/mol. The number of allylic oxidation sites excluding steroid dienone is 2. The normalized spacial score (nSPS) is 16.2. The van der Waals surface area contributed by atoms with Crippen molar-refractivity contribution in [2.45, 2.75) is 25.9 Å². The molecule has 0 amide bonds. The van der Waals surface area contributed by atoms with Crippen LogP contribution in [-0.2, 0) is 15.8 Å². The van der Waals surface area contributed by atoms with Gasteiger partial charge in [-0.25, -0.2) is 9.59 Å². The maximum atomic E-state index is 12.9. The number of alkyl halides is 3. The number of halogens is 3. The molecule has 0 spiro atoms. The molecule has 1 aliphatic heterocycles. The number of dihydropyridines is 1. The molecule has 3 N–H and O–H groups in total. The van der Waals surface area contributed by atoms with E-state index in [4.69, 9.17) is 0 Å². The number of nitrogens with zero attached hydrogens (tertiary/aromatic N) is 1. The average molecular weight is 342 g/mol. The fraction of sp³-hybridized carbons (Fsp3) is 0.267. The van der Waals surface area contributed by atoms with Crippen LogP contribution in [-0.4, -0.2) is 27.1 Å². The van der Waals surface area contributed by atoms with Crippen LogP contribution in [0.2, 0.25) is 0 Å². The summed E-state index contributed by atoms with van der Waals surface area (Å²) in [5, 5.41) is 21.4. The Balaban J connectivity index is 2.71. The fourth-order valence-electron chi connectivity index (χ4n) is 2.66. The standard InChI is InChI=1S/C15H13F3N2O4/c1-6-10(13(21)22)12(11(14(23)24)7(2)20-6)8-3-9(5-19-4-8)15(16,17)18/h3-5,12,20H,1-2H3,(H,21,22)(H,23,24). The summed E-state index contributed by atoms with van der Waals surface area (Å²) in [5.74, 6) is -4.21. The molecule has 0 bridgehead atoms. The number of carboxylic acids is 2. The van der Waals surface area contributed by atoms with E-state index in [1.165, 1.54) is 13.8 Å². The molecule has 9 heteroatoms. The van der Waals surface area contributed by atoms with Gasteiger partial charge in [-0.15, -0.1) is 0 Å². The molecule has 0 aromatic carbocycles. The number of hydrogen-bond acceptors (Lipinski definition) is 4. The van der Waals surface area contributed by atoms with E-state index in [9.17, 15) is 33.0 Å². The lowest BCUT2D eigenvalue weighted by Crippen LogP contribution is -2.31. The molecule has 0 atom stereocenters. The van der Waals surface area contributed by atoms with E-state index >= 15 is 0 Å². The molecule has 2 heterocycles. The highest BCUT2D eigenvalue weighted by molar-refractivity contribution is 5.98. The first-order valence-electron chi connectivity index (χ1n) is 6.71. The topological polar surface area (TPSA) is 99.5 Å². The third-order valence-electron chi connectivity index (χ3n) is 3.64. The van der Waals surface area contributed by atoms with Gasteiger partial charge in [0.25, 0.3) is 0 Å². The highest BCUT2D eigenvalue weighted by atomic mass is 19.4. The van der Waals surface area contributed by atoms with Crippen molar-refractivity contribution < 1.29 is 33.0 Å². The van der Waals surface area contributed by atoms with Crippen molar-refractivity contribution >= 4 is 11.9 Å². The number of aromatic nitrogens is 1. The molecule has 1 aliphatic rings. The Bertz CT molecular complexity index is 745. The number of aliphatic carboxylic acids is 2. The molecule has 0 fully saturated rings. The Morgan fingerprint density at radius 3 is 2.00 bits per heavy atom. The first-order valence-corrected chi connectivity index (χ1v) is 6.71.